The van der Waals surface area contributed by atoms with Crippen LogP contribution in [0.2, 0.25) is 0 Å². The van der Waals surface area contributed by atoms with Crippen molar-refractivity contribution in [1.29, 1.82) is 0 Å². The topological polar surface area (TPSA) is 71.3 Å². The summed E-state index contributed by atoms with van der Waals surface area (Å²) in [6.07, 6.45) is 8.14. The summed E-state index contributed by atoms with van der Waals surface area (Å²) in [5.41, 5.74) is 5.36. The fourth-order valence-electron chi connectivity index (χ4n) is 3.63. The first-order chi connectivity index (χ1) is 15.7. The molecular weight excluding hydrogens is 418 g/mol. The number of rotatable bonds is 8. The minimum atomic E-state index is -0.00645. The Morgan fingerprint density at radius 2 is 1.88 bits per heavy atom. The van der Waals surface area contributed by atoms with Gasteiger partial charge >= 0.3 is 0 Å². The number of anilines is 1. The smallest absolute Gasteiger partial charge is 0.251 e. The van der Waals surface area contributed by atoms with Crippen LogP contribution < -0.4 is 10.6 Å². The Bertz CT molecular complexity index is 1230. The van der Waals surface area contributed by atoms with Gasteiger partial charge in [0.25, 0.3) is 5.91 Å². The summed E-state index contributed by atoms with van der Waals surface area (Å²) in [6.45, 7) is 0.815. The van der Waals surface area contributed by atoms with Crippen molar-refractivity contribution in [3.05, 3.63) is 72.6 Å². The third-order valence-corrected chi connectivity index (χ3v) is 6.13. The van der Waals surface area contributed by atoms with Crippen molar-refractivity contribution in [3.8, 4) is 22.5 Å². The van der Waals surface area contributed by atoms with Crippen LogP contribution in [0.15, 0.2) is 67.0 Å². The number of carbonyl (C=O) groups is 1. The van der Waals surface area contributed by atoms with Crippen LogP contribution in [0.4, 0.5) is 5.82 Å². The zero-order chi connectivity index (χ0) is 21.9. The lowest BCUT2D eigenvalue weighted by atomic mass is 10.1. The van der Waals surface area contributed by atoms with E-state index in [-0.39, 0.29) is 5.91 Å². The molecule has 32 heavy (non-hydrogen) atoms. The summed E-state index contributed by atoms with van der Waals surface area (Å²) in [4.78, 5) is 21.9. The van der Waals surface area contributed by atoms with Gasteiger partial charge in [0.15, 0.2) is 11.5 Å². The predicted octanol–water partition coefficient (Wildman–Crippen LogP) is 4.73. The molecule has 1 saturated carbocycles. The molecule has 7 heteroatoms. The maximum Gasteiger partial charge on any atom is 0.251 e. The molecule has 162 valence electrons. The highest BCUT2D eigenvalue weighted by molar-refractivity contribution is 7.98. The number of benzene rings is 2. The Kier molecular flexibility index (Phi) is 5.81. The lowest BCUT2D eigenvalue weighted by Crippen LogP contribution is -2.25. The van der Waals surface area contributed by atoms with E-state index in [9.17, 15) is 4.79 Å². The van der Waals surface area contributed by atoms with Gasteiger partial charge in [0.2, 0.25) is 0 Å². The first-order valence-corrected chi connectivity index (χ1v) is 12.2. The Morgan fingerprint density at radius 3 is 2.59 bits per heavy atom. The number of fused-ring (bicyclic) bond motifs is 1. The molecular formula is C25H25N5OS. The van der Waals surface area contributed by atoms with Crippen molar-refractivity contribution in [2.45, 2.75) is 18.9 Å². The molecule has 0 bridgehead atoms. The number of carbonyl (C=O) groups excluding carboxylic acids is 1. The summed E-state index contributed by atoms with van der Waals surface area (Å²) < 4.78 is 2.08. The molecule has 0 spiro atoms. The molecule has 0 radical (unpaired) electrons. The minimum absolute atomic E-state index is 0.00645. The third kappa shape index (κ3) is 4.34. The number of nitrogens with zero attached hydrogens (tertiary/aromatic N) is 3. The van der Waals surface area contributed by atoms with Crippen molar-refractivity contribution in [3.63, 3.8) is 0 Å². The highest BCUT2D eigenvalue weighted by Crippen LogP contribution is 2.28. The van der Waals surface area contributed by atoms with Crippen LogP contribution in [0.1, 0.15) is 23.2 Å². The highest BCUT2D eigenvalue weighted by atomic mass is 32.2. The standard InChI is InChI=1S/C25H25N5OS/c1-32-14-13-26-23-24-27-15-22(30(24)16-21(29-23)17-5-3-2-4-6-17)18-7-9-19(10-8-18)25(31)28-20-11-12-20/h2-10,15-16,20H,11-14H2,1H3,(H,26,29)(H,28,31). The van der Waals surface area contributed by atoms with Gasteiger partial charge < -0.3 is 10.6 Å². The monoisotopic (exact) mass is 443 g/mol. The van der Waals surface area contributed by atoms with Gasteiger partial charge in [0.05, 0.1) is 17.6 Å². The molecule has 2 aromatic heterocycles. The number of nitrogens with one attached hydrogen (secondary N) is 2. The van der Waals surface area contributed by atoms with Crippen LogP contribution in [-0.4, -0.2) is 44.9 Å². The van der Waals surface area contributed by atoms with Crippen molar-refractivity contribution >= 4 is 29.1 Å². The van der Waals surface area contributed by atoms with Gasteiger partial charge in [-0.2, -0.15) is 11.8 Å². The van der Waals surface area contributed by atoms with E-state index >= 15 is 0 Å². The molecule has 0 aliphatic heterocycles. The lowest BCUT2D eigenvalue weighted by molar-refractivity contribution is 0.0951. The van der Waals surface area contributed by atoms with Crippen molar-refractivity contribution in [2.75, 3.05) is 23.9 Å². The summed E-state index contributed by atoms with van der Waals surface area (Å²) in [5.74, 6) is 1.75. The SMILES string of the molecule is CSCCNc1nc(-c2ccccc2)cn2c(-c3ccc(C(=O)NC4CC4)cc3)cnc12. The predicted molar refractivity (Wildman–Crippen MR) is 131 cm³/mol. The maximum absolute atomic E-state index is 12.3. The molecule has 1 fully saturated rings. The molecule has 5 rings (SSSR count). The van der Waals surface area contributed by atoms with E-state index < -0.39 is 0 Å². The molecule has 2 aromatic carbocycles. The van der Waals surface area contributed by atoms with E-state index in [1.165, 1.54) is 0 Å². The molecule has 1 aliphatic rings. The summed E-state index contributed by atoms with van der Waals surface area (Å²) in [7, 11) is 0. The second-order valence-corrected chi connectivity index (χ2v) is 8.91. The van der Waals surface area contributed by atoms with Crippen LogP contribution in [0.3, 0.4) is 0 Å². The molecule has 1 aliphatic carbocycles. The zero-order valence-electron chi connectivity index (χ0n) is 17.9. The van der Waals surface area contributed by atoms with Crippen molar-refractivity contribution in [2.24, 2.45) is 0 Å². The van der Waals surface area contributed by atoms with Crippen LogP contribution in [0.5, 0.6) is 0 Å². The summed E-state index contributed by atoms with van der Waals surface area (Å²) >= 11 is 1.79. The third-order valence-electron chi connectivity index (χ3n) is 5.52. The number of hydrogen-bond donors (Lipinski definition) is 2. The second kappa shape index (κ2) is 9.04. The zero-order valence-corrected chi connectivity index (χ0v) is 18.7. The van der Waals surface area contributed by atoms with E-state index in [0.717, 1.165) is 59.1 Å². The average molecular weight is 444 g/mol. The van der Waals surface area contributed by atoms with Gasteiger partial charge in [0, 0.05) is 41.2 Å². The van der Waals surface area contributed by atoms with E-state index in [1.54, 1.807) is 11.8 Å². The lowest BCUT2D eigenvalue weighted by Gasteiger charge is -2.11. The molecule has 4 aromatic rings. The van der Waals surface area contributed by atoms with E-state index in [0.29, 0.717) is 11.6 Å². The minimum Gasteiger partial charge on any atom is -0.366 e. The largest absolute Gasteiger partial charge is 0.366 e. The molecule has 2 heterocycles. The van der Waals surface area contributed by atoms with Gasteiger partial charge in [-0.25, -0.2) is 9.97 Å². The maximum atomic E-state index is 12.3. The van der Waals surface area contributed by atoms with Gasteiger partial charge in [-0.15, -0.1) is 0 Å². The quantitative estimate of drug-likeness (QED) is 0.385. The number of imidazole rings is 1. The molecule has 6 nitrogen and oxygen atoms in total. The van der Waals surface area contributed by atoms with Gasteiger partial charge in [-0.05, 0) is 31.2 Å². The van der Waals surface area contributed by atoms with Crippen LogP contribution in [0.25, 0.3) is 28.2 Å². The van der Waals surface area contributed by atoms with E-state index in [4.69, 9.17) is 4.98 Å². The molecule has 1 amide bonds. The van der Waals surface area contributed by atoms with Gasteiger partial charge in [-0.1, -0.05) is 42.5 Å². The fourth-order valence-corrected chi connectivity index (χ4v) is 3.93. The number of amides is 1. The number of thioether (sulfide) groups is 1. The number of aromatic nitrogens is 3. The first kappa shape index (κ1) is 20.6. The Hall–Kier alpha value is -3.32. The second-order valence-electron chi connectivity index (χ2n) is 7.92. The van der Waals surface area contributed by atoms with E-state index in [2.05, 4.69) is 38.4 Å². The van der Waals surface area contributed by atoms with Crippen LogP contribution in [-0.2, 0) is 0 Å². The molecule has 0 saturated heterocycles. The Morgan fingerprint density at radius 1 is 1.09 bits per heavy atom. The van der Waals surface area contributed by atoms with Crippen LogP contribution >= 0.6 is 11.8 Å². The molecule has 0 unspecified atom stereocenters. The van der Waals surface area contributed by atoms with Gasteiger partial charge in [0.1, 0.15) is 0 Å². The summed E-state index contributed by atoms with van der Waals surface area (Å²) in [6, 6.07) is 18.2. The number of hydrogen-bond acceptors (Lipinski definition) is 5. The van der Waals surface area contributed by atoms with Crippen molar-refractivity contribution in [1.82, 2.24) is 19.7 Å². The Balaban J connectivity index is 1.53. The van der Waals surface area contributed by atoms with Gasteiger partial charge in [-0.3, -0.25) is 9.20 Å². The summed E-state index contributed by atoms with van der Waals surface area (Å²) in [5, 5.41) is 6.48. The first-order valence-electron chi connectivity index (χ1n) is 10.8. The normalized spacial score (nSPS) is 13.3. The van der Waals surface area contributed by atoms with Crippen molar-refractivity contribution < 1.29 is 4.79 Å². The fraction of sp³-hybridized carbons (Fsp3) is 0.240. The average Bonchev–Trinajstić information content (AvgIpc) is 3.54. The Labute approximate surface area is 191 Å². The highest BCUT2D eigenvalue weighted by Gasteiger charge is 2.23. The molecule has 0 atom stereocenters. The van der Waals surface area contributed by atoms with E-state index in [1.807, 2.05) is 54.9 Å². The van der Waals surface area contributed by atoms with Crippen LogP contribution in [0, 0.1) is 0 Å². The molecule has 2 N–H and O–H groups in total.